The molecule has 1 N–H and O–H groups in total. The average Bonchev–Trinajstić information content (AvgIpc) is 3.14. The molecule has 0 aliphatic carbocycles. The summed E-state index contributed by atoms with van der Waals surface area (Å²) in [6.07, 6.45) is 0. The van der Waals surface area contributed by atoms with E-state index in [0.29, 0.717) is 29.8 Å². The second kappa shape index (κ2) is 9.05. The summed E-state index contributed by atoms with van der Waals surface area (Å²) in [5.41, 5.74) is -0.135. The Bertz CT molecular complexity index is 950. The first-order valence-electron chi connectivity index (χ1n) is 8.45. The van der Waals surface area contributed by atoms with E-state index in [0.717, 1.165) is 16.5 Å². The number of ether oxygens (including phenoxy) is 2. The van der Waals surface area contributed by atoms with Gasteiger partial charge < -0.3 is 19.4 Å². The number of fused-ring (bicyclic) bond motifs is 1. The van der Waals surface area contributed by atoms with Crippen molar-refractivity contribution in [1.82, 2.24) is 0 Å². The predicted octanol–water partition coefficient (Wildman–Crippen LogP) is 4.18. The van der Waals surface area contributed by atoms with Gasteiger partial charge in [-0.2, -0.15) is 0 Å². The average molecular weight is 385 g/mol. The van der Waals surface area contributed by atoms with Gasteiger partial charge in [0.1, 0.15) is 25.6 Å². The number of thiophene rings is 1. The van der Waals surface area contributed by atoms with Crippen molar-refractivity contribution < 1.29 is 24.2 Å². The standard InChI is InChI=1S/C20H19NO5S/c1-2-26-21-19(20(22)23)17-9-10-18(27-17)25-12-11-24-16-8-7-14-5-3-4-6-15(14)13-16/h3-10,13H,2,11-12H2,1H3,(H,22,23)/b21-19+. The van der Waals surface area contributed by atoms with Crippen molar-refractivity contribution in [3.63, 3.8) is 0 Å². The maximum Gasteiger partial charge on any atom is 0.359 e. The van der Waals surface area contributed by atoms with Crippen molar-refractivity contribution in [2.75, 3.05) is 19.8 Å². The minimum atomic E-state index is -1.14. The Labute approximate surface area is 160 Å². The summed E-state index contributed by atoms with van der Waals surface area (Å²) in [6.45, 7) is 2.77. The van der Waals surface area contributed by atoms with Gasteiger partial charge in [-0.3, -0.25) is 0 Å². The third-order valence-electron chi connectivity index (χ3n) is 3.62. The lowest BCUT2D eigenvalue weighted by molar-refractivity contribution is -0.129. The number of oxime groups is 1. The van der Waals surface area contributed by atoms with Gasteiger partial charge in [0.2, 0.25) is 5.71 Å². The van der Waals surface area contributed by atoms with Crippen LogP contribution in [-0.2, 0) is 9.63 Å². The third-order valence-corrected chi connectivity index (χ3v) is 4.62. The highest BCUT2D eigenvalue weighted by Gasteiger charge is 2.16. The van der Waals surface area contributed by atoms with E-state index < -0.39 is 5.97 Å². The second-order valence-corrected chi connectivity index (χ2v) is 6.53. The molecule has 0 saturated heterocycles. The number of nitrogens with zero attached hydrogens (tertiary/aromatic N) is 1. The van der Waals surface area contributed by atoms with Crippen LogP contribution >= 0.6 is 11.3 Å². The summed E-state index contributed by atoms with van der Waals surface area (Å²) in [7, 11) is 0. The van der Waals surface area contributed by atoms with E-state index >= 15 is 0 Å². The maximum atomic E-state index is 11.3. The van der Waals surface area contributed by atoms with Gasteiger partial charge in [0.15, 0.2) is 5.06 Å². The number of carbonyl (C=O) groups is 1. The molecule has 0 spiro atoms. The fraction of sp³-hybridized carbons (Fsp3) is 0.200. The fourth-order valence-corrected chi connectivity index (χ4v) is 3.25. The van der Waals surface area contributed by atoms with Crippen LogP contribution in [0.3, 0.4) is 0 Å². The van der Waals surface area contributed by atoms with Crippen LogP contribution in [0.5, 0.6) is 10.8 Å². The highest BCUT2D eigenvalue weighted by atomic mass is 32.1. The summed E-state index contributed by atoms with van der Waals surface area (Å²) in [6, 6.07) is 17.4. The minimum Gasteiger partial charge on any atom is -0.490 e. The van der Waals surface area contributed by atoms with E-state index in [9.17, 15) is 9.90 Å². The van der Waals surface area contributed by atoms with Gasteiger partial charge in [-0.1, -0.05) is 46.8 Å². The highest BCUT2D eigenvalue weighted by molar-refractivity contribution is 7.16. The van der Waals surface area contributed by atoms with Gasteiger partial charge in [0.25, 0.3) is 0 Å². The first-order chi connectivity index (χ1) is 13.2. The zero-order valence-electron chi connectivity index (χ0n) is 14.8. The number of carboxylic acid groups (broad SMARTS) is 1. The van der Waals surface area contributed by atoms with Crippen LogP contribution < -0.4 is 9.47 Å². The summed E-state index contributed by atoms with van der Waals surface area (Å²) in [5.74, 6) is -0.363. The molecule has 3 rings (SSSR count). The highest BCUT2D eigenvalue weighted by Crippen LogP contribution is 2.25. The molecule has 0 aliphatic rings. The fourth-order valence-electron chi connectivity index (χ4n) is 2.40. The topological polar surface area (TPSA) is 77.4 Å². The molecule has 27 heavy (non-hydrogen) atoms. The predicted molar refractivity (Wildman–Crippen MR) is 105 cm³/mol. The van der Waals surface area contributed by atoms with Crippen LogP contribution in [0.1, 0.15) is 11.8 Å². The van der Waals surface area contributed by atoms with Crippen LogP contribution in [-0.4, -0.2) is 36.6 Å². The molecule has 140 valence electrons. The molecule has 0 saturated carbocycles. The van der Waals surface area contributed by atoms with E-state index in [1.54, 1.807) is 19.1 Å². The smallest absolute Gasteiger partial charge is 0.359 e. The van der Waals surface area contributed by atoms with E-state index in [1.807, 2.05) is 36.4 Å². The summed E-state index contributed by atoms with van der Waals surface area (Å²) < 4.78 is 11.4. The lowest BCUT2D eigenvalue weighted by Gasteiger charge is -2.08. The molecular weight excluding hydrogens is 366 g/mol. The Kier molecular flexibility index (Phi) is 6.27. The van der Waals surface area contributed by atoms with E-state index in [2.05, 4.69) is 11.2 Å². The summed E-state index contributed by atoms with van der Waals surface area (Å²) in [4.78, 5) is 16.6. The van der Waals surface area contributed by atoms with Gasteiger partial charge in [-0.25, -0.2) is 4.79 Å². The van der Waals surface area contributed by atoms with E-state index in [-0.39, 0.29) is 5.71 Å². The lowest BCUT2D eigenvalue weighted by atomic mass is 10.1. The van der Waals surface area contributed by atoms with Gasteiger partial charge in [0, 0.05) is 0 Å². The van der Waals surface area contributed by atoms with Crippen LogP contribution in [0.2, 0.25) is 0 Å². The van der Waals surface area contributed by atoms with Gasteiger partial charge >= 0.3 is 5.97 Å². The van der Waals surface area contributed by atoms with Gasteiger partial charge in [-0.05, 0) is 42.0 Å². The Morgan fingerprint density at radius 1 is 1.04 bits per heavy atom. The zero-order valence-corrected chi connectivity index (χ0v) is 15.6. The zero-order chi connectivity index (χ0) is 19.1. The molecule has 1 aromatic heterocycles. The first kappa shape index (κ1) is 18.7. The Morgan fingerprint density at radius 3 is 2.59 bits per heavy atom. The van der Waals surface area contributed by atoms with Gasteiger partial charge in [0.05, 0.1) is 4.88 Å². The Balaban J connectivity index is 1.53. The van der Waals surface area contributed by atoms with Crippen molar-refractivity contribution in [2.24, 2.45) is 5.16 Å². The van der Waals surface area contributed by atoms with Crippen molar-refractivity contribution in [3.8, 4) is 10.8 Å². The summed E-state index contributed by atoms with van der Waals surface area (Å²) >= 11 is 1.20. The first-order valence-corrected chi connectivity index (χ1v) is 9.27. The quantitative estimate of drug-likeness (QED) is 0.340. The number of hydrogen-bond donors (Lipinski definition) is 1. The molecule has 7 heteroatoms. The molecule has 3 aromatic rings. The van der Waals surface area contributed by atoms with Crippen LogP contribution in [0.25, 0.3) is 10.8 Å². The normalized spacial score (nSPS) is 11.4. The Morgan fingerprint density at radius 2 is 1.81 bits per heavy atom. The molecule has 0 unspecified atom stereocenters. The lowest BCUT2D eigenvalue weighted by Crippen LogP contribution is -2.13. The van der Waals surface area contributed by atoms with Crippen molar-refractivity contribution in [3.05, 3.63) is 59.5 Å². The number of benzene rings is 2. The molecule has 0 fully saturated rings. The van der Waals surface area contributed by atoms with Crippen molar-refractivity contribution in [1.29, 1.82) is 0 Å². The van der Waals surface area contributed by atoms with Crippen LogP contribution in [0, 0.1) is 0 Å². The molecule has 0 radical (unpaired) electrons. The minimum absolute atomic E-state index is 0.135. The molecule has 0 amide bonds. The monoisotopic (exact) mass is 385 g/mol. The van der Waals surface area contributed by atoms with Crippen LogP contribution in [0.4, 0.5) is 0 Å². The van der Waals surface area contributed by atoms with Crippen LogP contribution in [0.15, 0.2) is 59.8 Å². The molecule has 6 nitrogen and oxygen atoms in total. The van der Waals surface area contributed by atoms with E-state index in [4.69, 9.17) is 14.3 Å². The number of hydrogen-bond acceptors (Lipinski definition) is 6. The molecular formula is C20H19NO5S. The maximum absolute atomic E-state index is 11.3. The molecule has 0 bridgehead atoms. The molecule has 0 atom stereocenters. The second-order valence-electron chi connectivity index (χ2n) is 5.49. The summed E-state index contributed by atoms with van der Waals surface area (Å²) in [5, 5.41) is 15.7. The number of rotatable bonds is 9. The molecule has 2 aromatic carbocycles. The number of carboxylic acids is 1. The number of aliphatic carboxylic acids is 1. The largest absolute Gasteiger partial charge is 0.490 e. The third kappa shape index (κ3) is 4.98. The van der Waals surface area contributed by atoms with Gasteiger partial charge in [-0.15, -0.1) is 0 Å². The van der Waals surface area contributed by atoms with Crippen molar-refractivity contribution >= 4 is 33.8 Å². The SMILES string of the molecule is CCO/N=C(/C(=O)O)c1ccc(OCCOc2ccc3ccccc3c2)s1. The Hall–Kier alpha value is -3.06. The molecule has 0 aliphatic heterocycles. The van der Waals surface area contributed by atoms with E-state index in [1.165, 1.54) is 11.3 Å². The van der Waals surface area contributed by atoms with Crippen molar-refractivity contribution in [2.45, 2.75) is 6.92 Å². The molecule has 1 heterocycles.